The number of nitrogens with zero attached hydrogens (tertiary/aromatic N) is 2. The van der Waals surface area contributed by atoms with Crippen LogP contribution in [0.3, 0.4) is 0 Å². The Morgan fingerprint density at radius 3 is 2.78 bits per heavy atom. The minimum atomic E-state index is -0.403. The second-order valence-corrected chi connectivity index (χ2v) is 5.70. The number of hydrogen-bond donors (Lipinski definition) is 2. The van der Waals surface area contributed by atoms with Gasteiger partial charge in [-0.25, -0.2) is 0 Å². The molecule has 0 aliphatic heterocycles. The molecular weight excluding hydrogens is 348 g/mol. The fraction of sp³-hybridized carbons (Fsp3) is 0.211. The Morgan fingerprint density at radius 2 is 2.07 bits per heavy atom. The maximum absolute atomic E-state index is 12.5. The zero-order valence-corrected chi connectivity index (χ0v) is 15.1. The van der Waals surface area contributed by atoms with Crippen LogP contribution < -0.4 is 15.4 Å². The molecule has 2 N–H and O–H groups in total. The minimum absolute atomic E-state index is 0.139. The molecule has 0 saturated carbocycles. The molecule has 1 aromatic carbocycles. The molecule has 0 saturated heterocycles. The average molecular weight is 368 g/mol. The SMILES string of the molecule is CCn1cc(NC(=O)c2cccc(OC)c2)c(C(=O)NCc2ccco2)n1. The highest BCUT2D eigenvalue weighted by Crippen LogP contribution is 2.18. The molecule has 0 fully saturated rings. The van der Waals surface area contributed by atoms with Gasteiger partial charge in [-0.15, -0.1) is 0 Å². The number of anilines is 1. The number of nitrogens with one attached hydrogen (secondary N) is 2. The van der Waals surface area contributed by atoms with E-state index in [2.05, 4.69) is 15.7 Å². The summed E-state index contributed by atoms with van der Waals surface area (Å²) in [6.07, 6.45) is 3.16. The molecule has 2 heterocycles. The number of aromatic nitrogens is 2. The minimum Gasteiger partial charge on any atom is -0.497 e. The van der Waals surface area contributed by atoms with Crippen molar-refractivity contribution in [3.8, 4) is 5.75 Å². The Hall–Kier alpha value is -3.55. The van der Waals surface area contributed by atoms with Gasteiger partial charge in [0.15, 0.2) is 5.69 Å². The third-order valence-electron chi connectivity index (χ3n) is 3.88. The Labute approximate surface area is 156 Å². The third kappa shape index (κ3) is 4.35. The van der Waals surface area contributed by atoms with E-state index < -0.39 is 5.91 Å². The molecule has 8 nitrogen and oxygen atoms in total. The molecule has 0 aliphatic carbocycles. The molecule has 0 bridgehead atoms. The number of rotatable bonds is 7. The highest BCUT2D eigenvalue weighted by Gasteiger charge is 2.19. The lowest BCUT2D eigenvalue weighted by Crippen LogP contribution is -2.25. The first kappa shape index (κ1) is 18.2. The van der Waals surface area contributed by atoms with E-state index in [0.29, 0.717) is 29.3 Å². The van der Waals surface area contributed by atoms with Crippen molar-refractivity contribution in [2.24, 2.45) is 0 Å². The molecule has 27 heavy (non-hydrogen) atoms. The molecule has 0 radical (unpaired) electrons. The fourth-order valence-corrected chi connectivity index (χ4v) is 2.47. The highest BCUT2D eigenvalue weighted by molar-refractivity contribution is 6.08. The van der Waals surface area contributed by atoms with E-state index in [0.717, 1.165) is 0 Å². The first-order chi connectivity index (χ1) is 13.1. The number of carbonyl (C=O) groups excluding carboxylic acids is 2. The summed E-state index contributed by atoms with van der Waals surface area (Å²) in [4.78, 5) is 25.1. The predicted octanol–water partition coefficient (Wildman–Crippen LogP) is 2.69. The molecule has 0 unspecified atom stereocenters. The molecule has 0 spiro atoms. The number of methoxy groups -OCH3 is 1. The first-order valence-corrected chi connectivity index (χ1v) is 8.44. The topological polar surface area (TPSA) is 98.4 Å². The lowest BCUT2D eigenvalue weighted by molar-refractivity contribution is 0.0943. The van der Waals surface area contributed by atoms with E-state index in [-0.39, 0.29) is 18.1 Å². The summed E-state index contributed by atoms with van der Waals surface area (Å²) in [5.74, 6) is 0.438. The molecular formula is C19H20N4O4. The van der Waals surface area contributed by atoms with Crippen molar-refractivity contribution in [1.29, 1.82) is 0 Å². The van der Waals surface area contributed by atoms with Crippen LogP contribution in [0.4, 0.5) is 5.69 Å². The number of ether oxygens (including phenoxy) is 1. The van der Waals surface area contributed by atoms with Crippen molar-refractivity contribution in [2.75, 3.05) is 12.4 Å². The number of furan rings is 1. The van der Waals surface area contributed by atoms with Gasteiger partial charge in [-0.3, -0.25) is 14.3 Å². The fourth-order valence-electron chi connectivity index (χ4n) is 2.47. The molecule has 3 rings (SSSR count). The van der Waals surface area contributed by atoms with Crippen LogP contribution in [-0.4, -0.2) is 28.7 Å². The van der Waals surface area contributed by atoms with Gasteiger partial charge >= 0.3 is 0 Å². The number of amides is 2. The van der Waals surface area contributed by atoms with Crippen molar-refractivity contribution in [3.05, 3.63) is 65.9 Å². The van der Waals surface area contributed by atoms with Gasteiger partial charge < -0.3 is 19.8 Å². The van der Waals surface area contributed by atoms with E-state index in [1.807, 2.05) is 6.92 Å². The van der Waals surface area contributed by atoms with Gasteiger partial charge in [0.05, 0.1) is 25.6 Å². The Morgan fingerprint density at radius 1 is 1.22 bits per heavy atom. The van der Waals surface area contributed by atoms with E-state index in [9.17, 15) is 9.59 Å². The van der Waals surface area contributed by atoms with E-state index in [4.69, 9.17) is 9.15 Å². The summed E-state index contributed by atoms with van der Waals surface area (Å²) >= 11 is 0. The largest absolute Gasteiger partial charge is 0.497 e. The van der Waals surface area contributed by atoms with Gasteiger partial charge in [0.25, 0.3) is 11.8 Å². The van der Waals surface area contributed by atoms with Crippen LogP contribution in [-0.2, 0) is 13.1 Å². The summed E-state index contributed by atoms with van der Waals surface area (Å²) < 4.78 is 11.9. The van der Waals surface area contributed by atoms with E-state index in [1.54, 1.807) is 47.3 Å². The van der Waals surface area contributed by atoms with Crippen molar-refractivity contribution in [2.45, 2.75) is 20.0 Å². The zero-order valence-electron chi connectivity index (χ0n) is 15.1. The Balaban J connectivity index is 1.77. The lowest BCUT2D eigenvalue weighted by Gasteiger charge is -2.07. The van der Waals surface area contributed by atoms with Gasteiger partial charge in [0.1, 0.15) is 11.5 Å². The maximum Gasteiger partial charge on any atom is 0.274 e. The molecule has 8 heteroatoms. The quantitative estimate of drug-likeness (QED) is 0.668. The normalized spacial score (nSPS) is 10.4. The van der Waals surface area contributed by atoms with Crippen LogP contribution in [0.25, 0.3) is 0 Å². The summed E-state index contributed by atoms with van der Waals surface area (Å²) in [5.41, 5.74) is 0.891. The Kier molecular flexibility index (Phi) is 5.55. The van der Waals surface area contributed by atoms with Crippen LogP contribution >= 0.6 is 0 Å². The summed E-state index contributed by atoms with van der Waals surface area (Å²) in [6.45, 7) is 2.69. The number of aryl methyl sites for hydroxylation is 1. The smallest absolute Gasteiger partial charge is 0.274 e. The van der Waals surface area contributed by atoms with Crippen LogP contribution in [0.15, 0.2) is 53.3 Å². The van der Waals surface area contributed by atoms with Gasteiger partial charge in [0, 0.05) is 18.3 Å². The van der Waals surface area contributed by atoms with Crippen LogP contribution in [0.2, 0.25) is 0 Å². The molecule has 0 aliphatic rings. The summed E-state index contributed by atoms with van der Waals surface area (Å²) in [5, 5.41) is 9.72. The Bertz CT molecular complexity index is 931. The predicted molar refractivity (Wildman–Crippen MR) is 98.7 cm³/mol. The average Bonchev–Trinajstić information content (AvgIpc) is 3.36. The van der Waals surface area contributed by atoms with Crippen molar-refractivity contribution in [1.82, 2.24) is 15.1 Å². The molecule has 140 valence electrons. The van der Waals surface area contributed by atoms with Gasteiger partial charge in [-0.1, -0.05) is 6.07 Å². The maximum atomic E-state index is 12.5. The monoisotopic (exact) mass is 368 g/mol. The molecule has 3 aromatic rings. The van der Waals surface area contributed by atoms with Crippen LogP contribution in [0.5, 0.6) is 5.75 Å². The van der Waals surface area contributed by atoms with Gasteiger partial charge in [-0.05, 0) is 37.3 Å². The summed E-state index contributed by atoms with van der Waals surface area (Å²) in [6, 6.07) is 10.3. The zero-order chi connectivity index (χ0) is 19.2. The van der Waals surface area contributed by atoms with Crippen LogP contribution in [0, 0.1) is 0 Å². The van der Waals surface area contributed by atoms with E-state index >= 15 is 0 Å². The first-order valence-electron chi connectivity index (χ1n) is 8.44. The highest BCUT2D eigenvalue weighted by atomic mass is 16.5. The standard InChI is InChI=1S/C19H20N4O4/c1-3-23-12-16(21-18(24)13-6-4-7-14(10-13)26-2)17(22-23)19(25)20-11-15-8-5-9-27-15/h4-10,12H,3,11H2,1-2H3,(H,20,25)(H,21,24). The van der Waals surface area contributed by atoms with Crippen molar-refractivity contribution >= 4 is 17.5 Å². The van der Waals surface area contributed by atoms with Gasteiger partial charge in [0.2, 0.25) is 0 Å². The molecule has 2 amide bonds. The second kappa shape index (κ2) is 8.22. The van der Waals surface area contributed by atoms with Crippen LogP contribution in [0.1, 0.15) is 33.5 Å². The number of carbonyl (C=O) groups is 2. The van der Waals surface area contributed by atoms with E-state index in [1.165, 1.54) is 13.4 Å². The molecule has 2 aromatic heterocycles. The summed E-state index contributed by atoms with van der Waals surface area (Å²) in [7, 11) is 1.53. The number of hydrogen-bond acceptors (Lipinski definition) is 5. The van der Waals surface area contributed by atoms with Crippen molar-refractivity contribution < 1.29 is 18.7 Å². The molecule has 0 atom stereocenters. The third-order valence-corrected chi connectivity index (χ3v) is 3.88. The lowest BCUT2D eigenvalue weighted by atomic mass is 10.2. The second-order valence-electron chi connectivity index (χ2n) is 5.70. The van der Waals surface area contributed by atoms with Crippen molar-refractivity contribution in [3.63, 3.8) is 0 Å². The van der Waals surface area contributed by atoms with Gasteiger partial charge in [-0.2, -0.15) is 5.10 Å². The number of benzene rings is 1.